The second kappa shape index (κ2) is 5.01. The van der Waals surface area contributed by atoms with Gasteiger partial charge in [0.25, 0.3) is 0 Å². The lowest BCUT2D eigenvalue weighted by Crippen LogP contribution is -2.04. The van der Waals surface area contributed by atoms with Crippen LogP contribution < -0.4 is 0 Å². The fraction of sp³-hybridized carbons (Fsp3) is 0.214. The van der Waals surface area contributed by atoms with Crippen molar-refractivity contribution in [3.63, 3.8) is 0 Å². The van der Waals surface area contributed by atoms with E-state index in [0.29, 0.717) is 10.6 Å². The van der Waals surface area contributed by atoms with E-state index < -0.39 is 5.97 Å². The SMILES string of the molecule is O=C(O)c1cc2c(nc1Sc1ccncc1)CCC2. The molecule has 2 heterocycles. The van der Waals surface area contributed by atoms with Crippen LogP contribution in [0.5, 0.6) is 0 Å². The zero-order chi connectivity index (χ0) is 13.2. The van der Waals surface area contributed by atoms with Crippen LogP contribution in [0, 0.1) is 0 Å². The third-order valence-corrected chi connectivity index (χ3v) is 4.12. The van der Waals surface area contributed by atoms with Crippen LogP contribution in [0.3, 0.4) is 0 Å². The number of aryl methyl sites for hydroxylation is 2. The Morgan fingerprint density at radius 1 is 1.26 bits per heavy atom. The van der Waals surface area contributed by atoms with E-state index in [4.69, 9.17) is 0 Å². The van der Waals surface area contributed by atoms with Crippen molar-refractivity contribution in [3.05, 3.63) is 47.4 Å². The molecule has 0 spiro atoms. The molecule has 0 radical (unpaired) electrons. The summed E-state index contributed by atoms with van der Waals surface area (Å²) in [5.74, 6) is -0.918. The first kappa shape index (κ1) is 12.2. The molecule has 1 aliphatic carbocycles. The van der Waals surface area contributed by atoms with E-state index in [9.17, 15) is 9.90 Å². The normalized spacial score (nSPS) is 13.3. The van der Waals surface area contributed by atoms with Crippen molar-refractivity contribution in [2.45, 2.75) is 29.2 Å². The molecule has 4 nitrogen and oxygen atoms in total. The predicted molar refractivity (Wildman–Crippen MR) is 71.6 cm³/mol. The second-order valence-electron chi connectivity index (χ2n) is 4.39. The van der Waals surface area contributed by atoms with E-state index in [-0.39, 0.29) is 0 Å². The minimum absolute atomic E-state index is 0.294. The van der Waals surface area contributed by atoms with Gasteiger partial charge in [-0.3, -0.25) is 4.98 Å². The summed E-state index contributed by atoms with van der Waals surface area (Å²) >= 11 is 1.38. The largest absolute Gasteiger partial charge is 0.478 e. The summed E-state index contributed by atoms with van der Waals surface area (Å²) in [6.07, 6.45) is 6.32. The molecule has 1 N–H and O–H groups in total. The monoisotopic (exact) mass is 272 g/mol. The Balaban J connectivity index is 2.02. The Morgan fingerprint density at radius 3 is 2.79 bits per heavy atom. The first-order valence-electron chi connectivity index (χ1n) is 6.08. The van der Waals surface area contributed by atoms with Crippen molar-refractivity contribution in [3.8, 4) is 0 Å². The maximum Gasteiger partial charge on any atom is 0.338 e. The molecule has 0 aliphatic heterocycles. The van der Waals surface area contributed by atoms with Crippen LogP contribution >= 0.6 is 11.8 Å². The Hall–Kier alpha value is -1.88. The van der Waals surface area contributed by atoms with Crippen LogP contribution in [-0.2, 0) is 12.8 Å². The maximum absolute atomic E-state index is 11.3. The van der Waals surface area contributed by atoms with Crippen molar-refractivity contribution in [2.24, 2.45) is 0 Å². The molecule has 0 fully saturated rings. The molecule has 0 amide bonds. The molecule has 2 aromatic rings. The summed E-state index contributed by atoms with van der Waals surface area (Å²) in [7, 11) is 0. The van der Waals surface area contributed by atoms with E-state index in [1.54, 1.807) is 18.5 Å². The van der Waals surface area contributed by atoms with Crippen molar-refractivity contribution < 1.29 is 9.90 Å². The van der Waals surface area contributed by atoms with Crippen LogP contribution in [0.25, 0.3) is 0 Å². The smallest absolute Gasteiger partial charge is 0.338 e. The van der Waals surface area contributed by atoms with Gasteiger partial charge in [0.05, 0.1) is 5.56 Å². The van der Waals surface area contributed by atoms with Gasteiger partial charge in [-0.1, -0.05) is 11.8 Å². The van der Waals surface area contributed by atoms with E-state index in [2.05, 4.69) is 9.97 Å². The standard InChI is InChI=1S/C14H12N2O2S/c17-14(18)11-8-9-2-1-3-12(9)16-13(11)19-10-4-6-15-7-5-10/h4-8H,1-3H2,(H,17,18). The van der Waals surface area contributed by atoms with Gasteiger partial charge in [-0.2, -0.15) is 0 Å². The summed E-state index contributed by atoms with van der Waals surface area (Å²) in [6.45, 7) is 0. The summed E-state index contributed by atoms with van der Waals surface area (Å²) in [4.78, 5) is 20.8. The molecule has 0 saturated carbocycles. The van der Waals surface area contributed by atoms with Gasteiger partial charge in [0.2, 0.25) is 0 Å². The molecule has 96 valence electrons. The number of rotatable bonds is 3. The molecular weight excluding hydrogens is 260 g/mol. The summed E-state index contributed by atoms with van der Waals surface area (Å²) in [6, 6.07) is 5.48. The zero-order valence-corrected chi connectivity index (χ0v) is 11.0. The Labute approximate surface area is 114 Å². The molecule has 0 bridgehead atoms. The molecule has 0 atom stereocenters. The fourth-order valence-electron chi connectivity index (χ4n) is 2.20. The first-order chi connectivity index (χ1) is 9.24. The molecule has 0 saturated heterocycles. The number of hydrogen-bond donors (Lipinski definition) is 1. The summed E-state index contributed by atoms with van der Waals surface area (Å²) in [5, 5.41) is 9.88. The van der Waals surface area contributed by atoms with E-state index in [1.165, 1.54) is 11.8 Å². The minimum atomic E-state index is -0.918. The molecule has 19 heavy (non-hydrogen) atoms. The van der Waals surface area contributed by atoms with Gasteiger partial charge in [-0.25, -0.2) is 9.78 Å². The van der Waals surface area contributed by atoms with Crippen LogP contribution in [0.1, 0.15) is 28.0 Å². The van der Waals surface area contributed by atoms with Crippen LogP contribution in [-0.4, -0.2) is 21.0 Å². The third-order valence-electron chi connectivity index (χ3n) is 3.11. The molecule has 2 aromatic heterocycles. The van der Waals surface area contributed by atoms with Crippen molar-refractivity contribution in [1.29, 1.82) is 0 Å². The van der Waals surface area contributed by atoms with Gasteiger partial charge in [0.15, 0.2) is 0 Å². The molecule has 1 aliphatic rings. The Kier molecular flexibility index (Phi) is 3.21. The topological polar surface area (TPSA) is 63.1 Å². The number of carbonyl (C=O) groups is 1. The highest BCUT2D eigenvalue weighted by Crippen LogP contribution is 2.32. The number of aromatic nitrogens is 2. The summed E-state index contributed by atoms with van der Waals surface area (Å²) in [5.41, 5.74) is 2.42. The number of pyridine rings is 2. The third kappa shape index (κ3) is 2.46. The van der Waals surface area contributed by atoms with E-state index in [0.717, 1.165) is 35.4 Å². The van der Waals surface area contributed by atoms with Gasteiger partial charge >= 0.3 is 5.97 Å². The van der Waals surface area contributed by atoms with Crippen molar-refractivity contribution in [2.75, 3.05) is 0 Å². The van der Waals surface area contributed by atoms with E-state index >= 15 is 0 Å². The Bertz CT molecular complexity index is 629. The quantitative estimate of drug-likeness (QED) is 0.930. The number of nitrogens with zero attached hydrogens (tertiary/aromatic N) is 2. The van der Waals surface area contributed by atoms with Gasteiger partial charge in [0, 0.05) is 23.0 Å². The molecule has 3 rings (SSSR count). The molecular formula is C14H12N2O2S. The average Bonchev–Trinajstić information content (AvgIpc) is 2.86. The highest BCUT2D eigenvalue weighted by atomic mass is 32.2. The molecule has 5 heteroatoms. The predicted octanol–water partition coefficient (Wildman–Crippen LogP) is 2.81. The number of carboxylic acid groups (broad SMARTS) is 1. The van der Waals surface area contributed by atoms with Crippen LogP contribution in [0.2, 0.25) is 0 Å². The van der Waals surface area contributed by atoms with Crippen LogP contribution in [0.15, 0.2) is 40.5 Å². The van der Waals surface area contributed by atoms with Gasteiger partial charge < -0.3 is 5.11 Å². The minimum Gasteiger partial charge on any atom is -0.478 e. The van der Waals surface area contributed by atoms with Gasteiger partial charge in [-0.05, 0) is 43.0 Å². The lowest BCUT2D eigenvalue weighted by molar-refractivity contribution is 0.0692. The molecule has 0 aromatic carbocycles. The lowest BCUT2D eigenvalue weighted by atomic mass is 10.1. The zero-order valence-electron chi connectivity index (χ0n) is 10.2. The van der Waals surface area contributed by atoms with Gasteiger partial charge in [-0.15, -0.1) is 0 Å². The van der Waals surface area contributed by atoms with Gasteiger partial charge in [0.1, 0.15) is 5.03 Å². The highest BCUT2D eigenvalue weighted by Gasteiger charge is 2.20. The fourth-order valence-corrected chi connectivity index (χ4v) is 3.10. The number of fused-ring (bicyclic) bond motifs is 1. The highest BCUT2D eigenvalue weighted by molar-refractivity contribution is 7.99. The summed E-state index contributed by atoms with van der Waals surface area (Å²) < 4.78 is 0. The van der Waals surface area contributed by atoms with Crippen molar-refractivity contribution in [1.82, 2.24) is 9.97 Å². The van der Waals surface area contributed by atoms with Crippen LogP contribution in [0.4, 0.5) is 0 Å². The average molecular weight is 272 g/mol. The van der Waals surface area contributed by atoms with Crippen molar-refractivity contribution >= 4 is 17.7 Å². The maximum atomic E-state index is 11.3. The number of hydrogen-bond acceptors (Lipinski definition) is 4. The lowest BCUT2D eigenvalue weighted by Gasteiger charge is -2.08. The van der Waals surface area contributed by atoms with E-state index in [1.807, 2.05) is 12.1 Å². The Morgan fingerprint density at radius 2 is 2.05 bits per heavy atom. The first-order valence-corrected chi connectivity index (χ1v) is 6.89. The molecule has 0 unspecified atom stereocenters. The second-order valence-corrected chi connectivity index (χ2v) is 5.45. The number of aromatic carboxylic acids is 1. The number of carboxylic acids is 1.